The topological polar surface area (TPSA) is 46.1 Å². The minimum Gasteiger partial charge on any atom is -0.493 e. The van der Waals surface area contributed by atoms with E-state index < -0.39 is 0 Å². The Balaban J connectivity index is 0.00000312. The van der Waals surface area contributed by atoms with Gasteiger partial charge in [-0.25, -0.2) is 0 Å². The van der Waals surface area contributed by atoms with E-state index in [1.807, 2.05) is 7.05 Å². The summed E-state index contributed by atoms with van der Waals surface area (Å²) < 4.78 is 10.8. The molecule has 0 bridgehead atoms. The van der Waals surface area contributed by atoms with Gasteiger partial charge >= 0.3 is 0 Å². The second-order valence-corrected chi connectivity index (χ2v) is 7.43. The van der Waals surface area contributed by atoms with Gasteiger partial charge in [-0.15, -0.1) is 24.0 Å². The molecule has 0 saturated carbocycles. The molecule has 1 aromatic rings. The lowest BCUT2D eigenvalue weighted by atomic mass is 9.92. The maximum atomic E-state index is 5.44. The molecule has 0 unspecified atom stereocenters. The molecular formula is C19H32IN3O2. The van der Waals surface area contributed by atoms with Crippen molar-refractivity contribution >= 4 is 29.9 Å². The number of guanidine groups is 1. The van der Waals surface area contributed by atoms with Gasteiger partial charge in [0.25, 0.3) is 0 Å². The van der Waals surface area contributed by atoms with Crippen LogP contribution in [0.2, 0.25) is 0 Å². The Morgan fingerprint density at radius 2 is 1.76 bits per heavy atom. The van der Waals surface area contributed by atoms with E-state index in [-0.39, 0.29) is 24.0 Å². The van der Waals surface area contributed by atoms with Crippen molar-refractivity contribution < 1.29 is 9.47 Å². The fraction of sp³-hybridized carbons (Fsp3) is 0.632. The quantitative estimate of drug-likeness (QED) is 0.422. The number of benzene rings is 1. The van der Waals surface area contributed by atoms with Crippen LogP contribution in [0.4, 0.5) is 0 Å². The van der Waals surface area contributed by atoms with Crippen molar-refractivity contribution in [1.29, 1.82) is 0 Å². The smallest absolute Gasteiger partial charge is 0.193 e. The van der Waals surface area contributed by atoms with Gasteiger partial charge in [-0.1, -0.05) is 20.8 Å². The van der Waals surface area contributed by atoms with E-state index in [1.54, 1.807) is 14.2 Å². The number of nitrogens with zero attached hydrogens (tertiary/aromatic N) is 2. The van der Waals surface area contributed by atoms with Crippen molar-refractivity contribution in [3.63, 3.8) is 0 Å². The average Bonchev–Trinajstić information content (AvgIpc) is 2.56. The summed E-state index contributed by atoms with van der Waals surface area (Å²) in [6.45, 7) is 9.50. The third-order valence-electron chi connectivity index (χ3n) is 4.39. The maximum absolute atomic E-state index is 5.44. The lowest BCUT2D eigenvalue weighted by Crippen LogP contribution is -2.44. The zero-order chi connectivity index (χ0) is 17.7. The highest BCUT2D eigenvalue weighted by atomic mass is 127. The third-order valence-corrected chi connectivity index (χ3v) is 4.39. The van der Waals surface area contributed by atoms with E-state index in [1.165, 1.54) is 11.1 Å². The number of hydrogen-bond donors (Lipinski definition) is 1. The van der Waals surface area contributed by atoms with Gasteiger partial charge in [-0.2, -0.15) is 0 Å². The second kappa shape index (κ2) is 9.50. The van der Waals surface area contributed by atoms with Crippen LogP contribution in [0, 0.1) is 5.41 Å². The molecule has 0 amide bonds. The van der Waals surface area contributed by atoms with Crippen molar-refractivity contribution in [1.82, 2.24) is 10.2 Å². The molecule has 0 fully saturated rings. The standard InChI is InChI=1S/C19H31N3O2.HI/c1-19(2,3)8-9-21-18(20-4)22-10-7-14-11-16(23-5)17(24-6)12-15(14)13-22;/h11-12H,7-10,13H2,1-6H3,(H,20,21);1H. The summed E-state index contributed by atoms with van der Waals surface area (Å²) in [6.07, 6.45) is 2.09. The molecule has 2 rings (SSSR count). The van der Waals surface area contributed by atoms with E-state index in [9.17, 15) is 0 Å². The molecule has 0 aromatic heterocycles. The Bertz CT molecular complexity index is 597. The number of halogens is 1. The molecule has 1 aromatic carbocycles. The average molecular weight is 461 g/mol. The highest BCUT2D eigenvalue weighted by molar-refractivity contribution is 14.0. The zero-order valence-corrected chi connectivity index (χ0v) is 18.6. The maximum Gasteiger partial charge on any atom is 0.193 e. The van der Waals surface area contributed by atoms with Crippen LogP contribution in [0.1, 0.15) is 38.3 Å². The van der Waals surface area contributed by atoms with Crippen molar-refractivity contribution in [3.8, 4) is 11.5 Å². The number of methoxy groups -OCH3 is 2. The number of aliphatic imine (C=N–C) groups is 1. The first kappa shape index (κ1) is 21.9. The van der Waals surface area contributed by atoms with Crippen LogP contribution in [-0.4, -0.2) is 45.2 Å². The SMILES string of the molecule is CN=C(NCCC(C)(C)C)N1CCc2cc(OC)c(OC)cc2C1.I. The molecule has 0 atom stereocenters. The Labute approximate surface area is 169 Å². The molecule has 25 heavy (non-hydrogen) atoms. The third kappa shape index (κ3) is 5.94. The van der Waals surface area contributed by atoms with Crippen molar-refractivity contribution in [2.45, 2.75) is 40.2 Å². The lowest BCUT2D eigenvalue weighted by molar-refractivity contribution is 0.342. The summed E-state index contributed by atoms with van der Waals surface area (Å²) >= 11 is 0. The fourth-order valence-electron chi connectivity index (χ4n) is 2.95. The van der Waals surface area contributed by atoms with Gasteiger partial charge in [0, 0.05) is 26.7 Å². The predicted octanol–water partition coefficient (Wildman–Crippen LogP) is 3.69. The number of rotatable bonds is 4. The second-order valence-electron chi connectivity index (χ2n) is 7.43. The van der Waals surface area contributed by atoms with Gasteiger partial charge in [-0.05, 0) is 41.5 Å². The van der Waals surface area contributed by atoms with Crippen molar-refractivity contribution in [3.05, 3.63) is 23.3 Å². The van der Waals surface area contributed by atoms with Gasteiger partial charge in [0.1, 0.15) is 0 Å². The van der Waals surface area contributed by atoms with E-state index in [0.29, 0.717) is 5.41 Å². The van der Waals surface area contributed by atoms with Crippen LogP contribution >= 0.6 is 24.0 Å². The highest BCUT2D eigenvalue weighted by Crippen LogP contribution is 2.33. The zero-order valence-electron chi connectivity index (χ0n) is 16.3. The van der Waals surface area contributed by atoms with Crippen LogP contribution in [0.3, 0.4) is 0 Å². The number of nitrogens with one attached hydrogen (secondary N) is 1. The van der Waals surface area contributed by atoms with E-state index >= 15 is 0 Å². The summed E-state index contributed by atoms with van der Waals surface area (Å²) in [7, 11) is 5.21. The monoisotopic (exact) mass is 461 g/mol. The van der Waals surface area contributed by atoms with Gasteiger partial charge in [0.2, 0.25) is 0 Å². The van der Waals surface area contributed by atoms with Crippen molar-refractivity contribution in [2.75, 3.05) is 34.4 Å². The van der Waals surface area contributed by atoms with Crippen LogP contribution in [0.25, 0.3) is 0 Å². The molecule has 6 heteroatoms. The van der Waals surface area contributed by atoms with Crippen LogP contribution in [0.5, 0.6) is 11.5 Å². The summed E-state index contributed by atoms with van der Waals surface area (Å²) in [5.74, 6) is 2.56. The van der Waals surface area contributed by atoms with Crippen LogP contribution in [-0.2, 0) is 13.0 Å². The Morgan fingerprint density at radius 3 is 2.28 bits per heavy atom. The summed E-state index contributed by atoms with van der Waals surface area (Å²) in [4.78, 5) is 6.76. The molecule has 0 spiro atoms. The van der Waals surface area contributed by atoms with E-state index in [0.717, 1.165) is 49.9 Å². The molecule has 0 saturated heterocycles. The molecule has 1 heterocycles. The molecule has 0 radical (unpaired) electrons. The molecule has 5 nitrogen and oxygen atoms in total. The van der Waals surface area contributed by atoms with E-state index in [4.69, 9.17) is 9.47 Å². The Kier molecular flexibility index (Phi) is 8.31. The largest absolute Gasteiger partial charge is 0.493 e. The van der Waals surface area contributed by atoms with Crippen LogP contribution < -0.4 is 14.8 Å². The van der Waals surface area contributed by atoms with E-state index in [2.05, 4.69) is 48.1 Å². The Hall–Kier alpha value is -1.18. The predicted molar refractivity (Wildman–Crippen MR) is 115 cm³/mol. The molecule has 142 valence electrons. The number of ether oxygens (including phenoxy) is 2. The first-order chi connectivity index (χ1) is 11.4. The van der Waals surface area contributed by atoms with Gasteiger partial charge in [0.05, 0.1) is 14.2 Å². The van der Waals surface area contributed by atoms with Crippen LogP contribution in [0.15, 0.2) is 17.1 Å². The van der Waals surface area contributed by atoms with Gasteiger partial charge < -0.3 is 19.7 Å². The normalized spacial score (nSPS) is 14.5. The Morgan fingerprint density at radius 1 is 1.16 bits per heavy atom. The number of hydrogen-bond acceptors (Lipinski definition) is 3. The summed E-state index contributed by atoms with van der Waals surface area (Å²) in [5, 5.41) is 3.50. The number of fused-ring (bicyclic) bond motifs is 1. The first-order valence-electron chi connectivity index (χ1n) is 8.57. The summed E-state index contributed by atoms with van der Waals surface area (Å²) in [5.41, 5.74) is 2.93. The van der Waals surface area contributed by atoms with Crippen molar-refractivity contribution in [2.24, 2.45) is 10.4 Å². The molecule has 1 aliphatic rings. The minimum atomic E-state index is 0. The first-order valence-corrected chi connectivity index (χ1v) is 8.57. The highest BCUT2D eigenvalue weighted by Gasteiger charge is 2.22. The molecule has 1 N–H and O–H groups in total. The minimum absolute atomic E-state index is 0. The fourth-order valence-corrected chi connectivity index (χ4v) is 2.95. The summed E-state index contributed by atoms with van der Waals surface area (Å²) in [6, 6.07) is 4.18. The van der Waals surface area contributed by atoms with Gasteiger partial charge in [0.15, 0.2) is 17.5 Å². The molecular weight excluding hydrogens is 429 g/mol. The lowest BCUT2D eigenvalue weighted by Gasteiger charge is -2.32. The molecule has 1 aliphatic heterocycles. The van der Waals surface area contributed by atoms with Gasteiger partial charge in [-0.3, -0.25) is 4.99 Å². The molecule has 0 aliphatic carbocycles.